The fraction of sp³-hybridized carbons (Fsp3) is 0.150. The summed E-state index contributed by atoms with van der Waals surface area (Å²) >= 11 is 0. The van der Waals surface area contributed by atoms with Gasteiger partial charge in [0.1, 0.15) is 5.76 Å². The third-order valence-electron chi connectivity index (χ3n) is 3.97. The van der Waals surface area contributed by atoms with Gasteiger partial charge in [0, 0.05) is 11.9 Å². The van der Waals surface area contributed by atoms with Crippen LogP contribution in [-0.2, 0) is 14.6 Å². The summed E-state index contributed by atoms with van der Waals surface area (Å²) in [5.41, 5.74) is 1.40. The Morgan fingerprint density at radius 2 is 1.81 bits per heavy atom. The second kappa shape index (κ2) is 8.20. The molecule has 0 bridgehead atoms. The van der Waals surface area contributed by atoms with E-state index in [1.165, 1.54) is 12.1 Å². The van der Waals surface area contributed by atoms with Gasteiger partial charge in [-0.15, -0.1) is 0 Å². The van der Waals surface area contributed by atoms with E-state index in [0.29, 0.717) is 11.4 Å². The lowest BCUT2D eigenvalue weighted by molar-refractivity contribution is -0.115. The van der Waals surface area contributed by atoms with Gasteiger partial charge >= 0.3 is 0 Å². The Morgan fingerprint density at radius 1 is 1.04 bits per heavy atom. The SMILES string of the molecule is CS(=O)(=O)c1cccc(NC(=O)CN[C@H](c2ccccc2)c2ccco2)c1. The van der Waals surface area contributed by atoms with E-state index in [-0.39, 0.29) is 23.4 Å². The molecule has 0 fully saturated rings. The molecule has 3 aromatic rings. The number of furan rings is 1. The van der Waals surface area contributed by atoms with E-state index in [4.69, 9.17) is 4.42 Å². The van der Waals surface area contributed by atoms with E-state index in [0.717, 1.165) is 11.8 Å². The molecule has 6 nitrogen and oxygen atoms in total. The monoisotopic (exact) mass is 384 g/mol. The molecular formula is C20H20N2O4S. The lowest BCUT2D eigenvalue weighted by atomic mass is 10.0. The van der Waals surface area contributed by atoms with Crippen molar-refractivity contribution < 1.29 is 17.6 Å². The zero-order valence-electron chi connectivity index (χ0n) is 14.8. The van der Waals surface area contributed by atoms with E-state index < -0.39 is 9.84 Å². The molecule has 0 saturated carbocycles. The van der Waals surface area contributed by atoms with Gasteiger partial charge in [0.15, 0.2) is 9.84 Å². The fourth-order valence-electron chi connectivity index (χ4n) is 2.69. The average Bonchev–Trinajstić information content (AvgIpc) is 3.17. The van der Waals surface area contributed by atoms with Gasteiger partial charge in [-0.1, -0.05) is 36.4 Å². The van der Waals surface area contributed by atoms with Gasteiger partial charge in [-0.25, -0.2) is 8.42 Å². The molecule has 3 rings (SSSR count). The number of hydrogen-bond donors (Lipinski definition) is 2. The summed E-state index contributed by atoms with van der Waals surface area (Å²) in [5.74, 6) is 0.418. The molecule has 0 unspecified atom stereocenters. The van der Waals surface area contributed by atoms with Gasteiger partial charge in [0.25, 0.3) is 0 Å². The number of rotatable bonds is 7. The Balaban J connectivity index is 1.68. The maximum Gasteiger partial charge on any atom is 0.238 e. The van der Waals surface area contributed by atoms with Crippen LogP contribution in [0.4, 0.5) is 5.69 Å². The number of carbonyl (C=O) groups excluding carboxylic acids is 1. The van der Waals surface area contributed by atoms with Crippen molar-refractivity contribution in [1.29, 1.82) is 0 Å². The molecule has 1 amide bonds. The molecule has 0 radical (unpaired) electrons. The van der Waals surface area contributed by atoms with Crippen LogP contribution < -0.4 is 10.6 Å². The number of hydrogen-bond acceptors (Lipinski definition) is 5. The van der Waals surface area contributed by atoms with Crippen molar-refractivity contribution in [2.75, 3.05) is 18.1 Å². The summed E-state index contributed by atoms with van der Waals surface area (Å²) in [6, 6.07) is 19.2. The van der Waals surface area contributed by atoms with E-state index >= 15 is 0 Å². The van der Waals surface area contributed by atoms with Crippen LogP contribution in [0.3, 0.4) is 0 Å². The third kappa shape index (κ3) is 5.06. The maximum absolute atomic E-state index is 12.3. The van der Waals surface area contributed by atoms with Gasteiger partial charge in [-0.05, 0) is 35.9 Å². The van der Waals surface area contributed by atoms with Crippen LogP contribution in [-0.4, -0.2) is 27.1 Å². The van der Waals surface area contributed by atoms with Gasteiger partial charge in [0.05, 0.1) is 23.7 Å². The molecule has 2 N–H and O–H groups in total. The molecule has 0 spiro atoms. The second-order valence-electron chi connectivity index (χ2n) is 6.09. The molecule has 0 aliphatic carbocycles. The molecule has 0 aliphatic heterocycles. The normalized spacial score (nSPS) is 12.5. The average molecular weight is 384 g/mol. The number of sulfone groups is 1. The number of benzene rings is 2. The highest BCUT2D eigenvalue weighted by molar-refractivity contribution is 7.90. The first kappa shape index (κ1) is 18.9. The van der Waals surface area contributed by atoms with Gasteiger partial charge in [0.2, 0.25) is 5.91 Å². The van der Waals surface area contributed by atoms with E-state index in [2.05, 4.69) is 10.6 Å². The molecule has 0 aliphatic rings. The van der Waals surface area contributed by atoms with Crippen molar-refractivity contribution in [1.82, 2.24) is 5.32 Å². The van der Waals surface area contributed by atoms with E-state index in [9.17, 15) is 13.2 Å². The highest BCUT2D eigenvalue weighted by Crippen LogP contribution is 2.22. The minimum atomic E-state index is -3.33. The number of carbonyl (C=O) groups is 1. The molecule has 1 atom stereocenters. The number of anilines is 1. The third-order valence-corrected chi connectivity index (χ3v) is 5.08. The van der Waals surface area contributed by atoms with Crippen molar-refractivity contribution in [3.63, 3.8) is 0 Å². The Bertz CT molecular complexity index is 999. The first-order valence-corrected chi connectivity index (χ1v) is 10.2. The minimum Gasteiger partial charge on any atom is -0.467 e. The smallest absolute Gasteiger partial charge is 0.238 e. The Morgan fingerprint density at radius 3 is 2.48 bits per heavy atom. The summed E-state index contributed by atoms with van der Waals surface area (Å²) in [7, 11) is -3.33. The van der Waals surface area contributed by atoms with Crippen LogP contribution in [0.25, 0.3) is 0 Å². The maximum atomic E-state index is 12.3. The van der Waals surface area contributed by atoms with Crippen LogP contribution in [0, 0.1) is 0 Å². The van der Waals surface area contributed by atoms with Gasteiger partial charge < -0.3 is 9.73 Å². The van der Waals surface area contributed by atoms with E-state index in [1.54, 1.807) is 24.5 Å². The molecule has 2 aromatic carbocycles. The van der Waals surface area contributed by atoms with Crippen LogP contribution in [0.2, 0.25) is 0 Å². The highest BCUT2D eigenvalue weighted by atomic mass is 32.2. The quantitative estimate of drug-likeness (QED) is 0.654. The second-order valence-corrected chi connectivity index (χ2v) is 8.10. The Kier molecular flexibility index (Phi) is 5.73. The van der Waals surface area contributed by atoms with Crippen molar-refractivity contribution in [3.05, 3.63) is 84.3 Å². The summed E-state index contributed by atoms with van der Waals surface area (Å²) in [5, 5.41) is 5.89. The first-order valence-electron chi connectivity index (χ1n) is 8.35. The zero-order chi connectivity index (χ0) is 19.3. The molecule has 0 saturated heterocycles. The fourth-order valence-corrected chi connectivity index (χ4v) is 3.35. The van der Waals surface area contributed by atoms with Crippen LogP contribution in [0.5, 0.6) is 0 Å². The lowest BCUT2D eigenvalue weighted by Crippen LogP contribution is -2.31. The molecule has 1 aromatic heterocycles. The number of nitrogens with one attached hydrogen (secondary N) is 2. The zero-order valence-corrected chi connectivity index (χ0v) is 15.6. The van der Waals surface area contributed by atoms with E-state index in [1.807, 2.05) is 36.4 Å². The topological polar surface area (TPSA) is 88.4 Å². The largest absolute Gasteiger partial charge is 0.467 e. The molecule has 1 heterocycles. The molecule has 27 heavy (non-hydrogen) atoms. The molecule has 7 heteroatoms. The lowest BCUT2D eigenvalue weighted by Gasteiger charge is -2.17. The first-order chi connectivity index (χ1) is 12.9. The molecular weight excluding hydrogens is 364 g/mol. The van der Waals surface area contributed by atoms with Gasteiger partial charge in [-0.3, -0.25) is 10.1 Å². The number of amides is 1. The summed E-state index contributed by atoms with van der Waals surface area (Å²) in [6.45, 7) is 0.0311. The summed E-state index contributed by atoms with van der Waals surface area (Å²) in [6.07, 6.45) is 2.72. The van der Waals surface area contributed by atoms with Crippen LogP contribution in [0.1, 0.15) is 17.4 Å². The van der Waals surface area contributed by atoms with Crippen molar-refractivity contribution in [3.8, 4) is 0 Å². The van der Waals surface area contributed by atoms with Crippen molar-refractivity contribution in [2.24, 2.45) is 0 Å². The summed E-state index contributed by atoms with van der Waals surface area (Å²) in [4.78, 5) is 12.5. The van der Waals surface area contributed by atoms with Crippen LogP contribution in [0.15, 0.2) is 82.3 Å². The van der Waals surface area contributed by atoms with Crippen LogP contribution >= 0.6 is 0 Å². The Hall–Kier alpha value is -2.90. The standard InChI is InChI=1S/C20H20N2O4S/c1-27(24,25)17-10-5-9-16(13-17)22-19(23)14-21-20(18-11-6-12-26-18)15-7-3-2-4-8-15/h2-13,20-21H,14H2,1H3,(H,22,23)/t20-/m1/s1. The van der Waals surface area contributed by atoms with Crippen molar-refractivity contribution in [2.45, 2.75) is 10.9 Å². The molecule has 140 valence electrons. The predicted octanol–water partition coefficient (Wildman–Crippen LogP) is 3.00. The predicted molar refractivity (Wildman–Crippen MR) is 103 cm³/mol. The highest BCUT2D eigenvalue weighted by Gasteiger charge is 2.17. The minimum absolute atomic E-state index is 0.0311. The van der Waals surface area contributed by atoms with Gasteiger partial charge in [-0.2, -0.15) is 0 Å². The summed E-state index contributed by atoms with van der Waals surface area (Å²) < 4.78 is 28.8. The Labute approximate surface area is 158 Å². The van der Waals surface area contributed by atoms with Crippen molar-refractivity contribution >= 4 is 21.4 Å².